The van der Waals surface area contributed by atoms with Crippen molar-refractivity contribution < 1.29 is 9.72 Å². The number of carbonyl (C=O) groups excluding carboxylic acids is 1. The number of thiazole rings is 1. The average molecular weight is 445 g/mol. The molecule has 0 spiro atoms. The molecule has 0 aliphatic heterocycles. The maximum Gasteiger partial charge on any atom is 0.284 e. The standard InChI is InChI=1S/C17H12N6O3S3/c1-22-9-18-21-17(22)29-14-5-4-10(7-12(14)23(25)26)15(24)20-16-19-11(8-28-16)13-3-2-6-27-13/h2-9H,1H3,(H,19,20,24). The second kappa shape index (κ2) is 8.11. The van der Waals surface area contributed by atoms with E-state index in [4.69, 9.17) is 0 Å². The fourth-order valence-corrected chi connectivity index (χ4v) is 4.71. The average Bonchev–Trinajstić information content (AvgIpc) is 3.45. The highest BCUT2D eigenvalue weighted by atomic mass is 32.2. The lowest BCUT2D eigenvalue weighted by molar-refractivity contribution is -0.387. The van der Waals surface area contributed by atoms with Gasteiger partial charge in [0.15, 0.2) is 10.3 Å². The maximum absolute atomic E-state index is 12.6. The second-order valence-corrected chi connectivity index (χ2v) is 8.55. The van der Waals surface area contributed by atoms with Gasteiger partial charge in [-0.2, -0.15) is 0 Å². The zero-order valence-electron chi connectivity index (χ0n) is 14.8. The topological polar surface area (TPSA) is 116 Å². The molecule has 1 N–H and O–H groups in total. The van der Waals surface area contributed by atoms with Crippen LogP contribution in [0.5, 0.6) is 0 Å². The molecule has 29 heavy (non-hydrogen) atoms. The van der Waals surface area contributed by atoms with Crippen LogP contribution in [0.2, 0.25) is 0 Å². The summed E-state index contributed by atoms with van der Waals surface area (Å²) in [5, 5.41) is 26.6. The van der Waals surface area contributed by atoms with Gasteiger partial charge >= 0.3 is 0 Å². The van der Waals surface area contributed by atoms with E-state index in [1.54, 1.807) is 23.0 Å². The molecule has 4 rings (SSSR count). The number of hydrogen-bond acceptors (Lipinski definition) is 9. The molecule has 146 valence electrons. The predicted molar refractivity (Wildman–Crippen MR) is 112 cm³/mol. The Kier molecular flexibility index (Phi) is 5.38. The molecule has 0 aliphatic carbocycles. The van der Waals surface area contributed by atoms with Gasteiger partial charge < -0.3 is 4.57 Å². The number of nitrogens with one attached hydrogen (secondary N) is 1. The van der Waals surface area contributed by atoms with Gasteiger partial charge in [0.25, 0.3) is 11.6 Å². The first-order valence-corrected chi connectivity index (χ1v) is 10.7. The molecule has 0 aliphatic rings. The van der Waals surface area contributed by atoms with E-state index in [1.165, 1.54) is 35.9 Å². The van der Waals surface area contributed by atoms with E-state index in [0.717, 1.165) is 22.3 Å². The van der Waals surface area contributed by atoms with Crippen LogP contribution >= 0.6 is 34.4 Å². The van der Waals surface area contributed by atoms with Crippen molar-refractivity contribution in [2.75, 3.05) is 5.32 Å². The third-order valence-corrected chi connectivity index (χ3v) is 6.55. The Balaban J connectivity index is 1.55. The van der Waals surface area contributed by atoms with Crippen LogP contribution in [0.3, 0.4) is 0 Å². The number of nitro benzene ring substituents is 1. The summed E-state index contributed by atoms with van der Waals surface area (Å²) in [6.45, 7) is 0. The number of nitro groups is 1. The fraction of sp³-hybridized carbons (Fsp3) is 0.0588. The Morgan fingerprint density at radius 1 is 1.31 bits per heavy atom. The summed E-state index contributed by atoms with van der Waals surface area (Å²) in [5.74, 6) is -0.463. The van der Waals surface area contributed by atoms with E-state index in [1.807, 2.05) is 22.9 Å². The number of anilines is 1. The first-order valence-electron chi connectivity index (χ1n) is 8.12. The Morgan fingerprint density at radius 2 is 2.17 bits per heavy atom. The number of benzene rings is 1. The number of aryl methyl sites for hydroxylation is 1. The second-order valence-electron chi connectivity index (χ2n) is 5.74. The molecular weight excluding hydrogens is 432 g/mol. The van der Waals surface area contributed by atoms with Crippen molar-refractivity contribution in [3.8, 4) is 10.6 Å². The molecule has 3 heterocycles. The normalized spacial score (nSPS) is 10.8. The number of hydrogen-bond donors (Lipinski definition) is 1. The van der Waals surface area contributed by atoms with E-state index in [9.17, 15) is 14.9 Å². The Labute approximate surface area is 176 Å². The van der Waals surface area contributed by atoms with Gasteiger partial charge in [-0.1, -0.05) is 6.07 Å². The zero-order valence-corrected chi connectivity index (χ0v) is 17.3. The Morgan fingerprint density at radius 3 is 2.86 bits per heavy atom. The smallest absolute Gasteiger partial charge is 0.284 e. The minimum absolute atomic E-state index is 0.173. The van der Waals surface area contributed by atoms with Gasteiger partial charge in [-0.3, -0.25) is 20.2 Å². The predicted octanol–water partition coefficient (Wildman–Crippen LogP) is 4.31. The van der Waals surface area contributed by atoms with Crippen LogP contribution in [0.25, 0.3) is 10.6 Å². The number of aromatic nitrogens is 4. The first kappa shape index (κ1) is 19.2. The van der Waals surface area contributed by atoms with Gasteiger partial charge in [-0.15, -0.1) is 32.9 Å². The van der Waals surface area contributed by atoms with E-state index >= 15 is 0 Å². The molecule has 0 radical (unpaired) electrons. The number of carbonyl (C=O) groups is 1. The van der Waals surface area contributed by atoms with Crippen LogP contribution in [0.15, 0.2) is 57.5 Å². The summed E-state index contributed by atoms with van der Waals surface area (Å²) in [6, 6.07) is 8.20. The van der Waals surface area contributed by atoms with Crippen molar-refractivity contribution in [1.82, 2.24) is 19.7 Å². The van der Waals surface area contributed by atoms with Crippen molar-refractivity contribution in [2.24, 2.45) is 7.05 Å². The molecule has 0 saturated carbocycles. The molecule has 0 saturated heterocycles. The van der Waals surface area contributed by atoms with E-state index in [0.29, 0.717) is 15.2 Å². The number of nitrogens with zero attached hydrogens (tertiary/aromatic N) is 5. The molecule has 9 nitrogen and oxygen atoms in total. The molecular formula is C17H12N6O3S3. The lowest BCUT2D eigenvalue weighted by atomic mass is 10.2. The highest BCUT2D eigenvalue weighted by Gasteiger charge is 2.20. The third-order valence-electron chi connectivity index (χ3n) is 3.79. The minimum atomic E-state index is -0.520. The first-order chi connectivity index (χ1) is 14.0. The van der Waals surface area contributed by atoms with Crippen LogP contribution in [-0.2, 0) is 7.05 Å². The molecule has 1 amide bonds. The van der Waals surface area contributed by atoms with Crippen molar-refractivity contribution >= 4 is 51.2 Å². The summed E-state index contributed by atoms with van der Waals surface area (Å²) in [6.07, 6.45) is 1.51. The summed E-state index contributed by atoms with van der Waals surface area (Å²) in [7, 11) is 1.74. The van der Waals surface area contributed by atoms with Crippen LogP contribution < -0.4 is 5.32 Å². The molecule has 1 aromatic carbocycles. The van der Waals surface area contributed by atoms with Crippen LogP contribution in [-0.4, -0.2) is 30.6 Å². The number of thiophene rings is 1. The summed E-state index contributed by atoms with van der Waals surface area (Å²) >= 11 is 3.96. The van der Waals surface area contributed by atoms with Gasteiger partial charge in [-0.05, 0) is 35.3 Å². The largest absolute Gasteiger partial charge is 0.311 e. The van der Waals surface area contributed by atoms with Crippen LogP contribution in [0, 0.1) is 10.1 Å². The zero-order chi connectivity index (χ0) is 20.4. The van der Waals surface area contributed by atoms with E-state index in [-0.39, 0.29) is 11.3 Å². The molecule has 0 atom stereocenters. The van der Waals surface area contributed by atoms with Crippen molar-refractivity contribution in [2.45, 2.75) is 10.1 Å². The minimum Gasteiger partial charge on any atom is -0.311 e. The van der Waals surface area contributed by atoms with Crippen molar-refractivity contribution in [3.05, 3.63) is 63.1 Å². The summed E-state index contributed by atoms with van der Waals surface area (Å²) in [4.78, 5) is 29.3. The van der Waals surface area contributed by atoms with E-state index in [2.05, 4.69) is 20.5 Å². The molecule has 3 aromatic heterocycles. The SMILES string of the molecule is Cn1cnnc1Sc1ccc(C(=O)Nc2nc(-c3cccs3)cs2)cc1[N+](=O)[O-]. The number of amides is 1. The van der Waals surface area contributed by atoms with Crippen LogP contribution in [0.4, 0.5) is 10.8 Å². The van der Waals surface area contributed by atoms with Gasteiger partial charge in [-0.25, -0.2) is 4.98 Å². The molecule has 12 heteroatoms. The Bertz CT molecular complexity index is 1180. The van der Waals surface area contributed by atoms with Crippen LogP contribution in [0.1, 0.15) is 10.4 Å². The Hall–Kier alpha value is -3.09. The molecule has 0 fully saturated rings. The molecule has 0 unspecified atom stereocenters. The maximum atomic E-state index is 12.6. The third kappa shape index (κ3) is 4.18. The fourth-order valence-electron chi connectivity index (χ4n) is 2.39. The summed E-state index contributed by atoms with van der Waals surface area (Å²) in [5.41, 5.74) is 0.776. The van der Waals surface area contributed by atoms with Gasteiger partial charge in [0.2, 0.25) is 0 Å². The van der Waals surface area contributed by atoms with Crippen molar-refractivity contribution in [3.63, 3.8) is 0 Å². The lowest BCUT2D eigenvalue weighted by Crippen LogP contribution is -2.12. The van der Waals surface area contributed by atoms with E-state index < -0.39 is 10.8 Å². The molecule has 4 aromatic rings. The highest BCUT2D eigenvalue weighted by molar-refractivity contribution is 7.99. The van der Waals surface area contributed by atoms with Gasteiger partial charge in [0, 0.05) is 24.1 Å². The molecule has 0 bridgehead atoms. The van der Waals surface area contributed by atoms with Crippen molar-refractivity contribution in [1.29, 1.82) is 0 Å². The number of rotatable bonds is 6. The van der Waals surface area contributed by atoms with Gasteiger partial charge in [0.1, 0.15) is 6.33 Å². The monoisotopic (exact) mass is 444 g/mol. The highest BCUT2D eigenvalue weighted by Crippen LogP contribution is 2.34. The quantitative estimate of drug-likeness (QED) is 0.348. The van der Waals surface area contributed by atoms with Gasteiger partial charge in [0.05, 0.1) is 20.4 Å². The lowest BCUT2D eigenvalue weighted by Gasteiger charge is -2.05. The summed E-state index contributed by atoms with van der Waals surface area (Å²) < 4.78 is 1.66.